The molecule has 0 amide bonds. The Morgan fingerprint density at radius 1 is 0.405 bits per heavy atom. The highest BCUT2D eigenvalue weighted by atomic mass is 32.1. The van der Waals surface area contributed by atoms with Crippen molar-refractivity contribution in [1.29, 1.82) is 0 Å². The van der Waals surface area contributed by atoms with Gasteiger partial charge in [-0.1, -0.05) is 114 Å². The summed E-state index contributed by atoms with van der Waals surface area (Å²) in [6, 6.07) is 55.6. The topological polar surface area (TPSA) is 68.8 Å². The zero-order chi connectivity index (χ0) is 54.2. The van der Waals surface area contributed by atoms with Crippen LogP contribution in [0.25, 0.3) is 21.8 Å². The van der Waals surface area contributed by atoms with Crippen molar-refractivity contribution in [3.8, 4) is 0 Å². The predicted octanol–water partition coefficient (Wildman–Crippen LogP) is 19.9. The first-order valence-electron chi connectivity index (χ1n) is 25.8. The summed E-state index contributed by atoms with van der Waals surface area (Å²) in [5.41, 5.74) is 20.7. The van der Waals surface area contributed by atoms with Gasteiger partial charge in [0.2, 0.25) is 0 Å². The number of aryl methyl sites for hydroxylation is 15. The minimum atomic E-state index is 0.984. The molecule has 5 nitrogen and oxygen atoms in total. The van der Waals surface area contributed by atoms with Crippen LogP contribution in [0.2, 0.25) is 0 Å². The fraction of sp³-hybridized carbons (Fsp3) is 0.265. The molecule has 4 aromatic heterocycles. The molecule has 0 fully saturated rings. The maximum atomic E-state index is 5.08. The van der Waals surface area contributed by atoms with Gasteiger partial charge in [0, 0.05) is 67.1 Å². The highest BCUT2D eigenvalue weighted by Gasteiger charge is 2.12. The number of H-pyrrole nitrogens is 2. The molecule has 0 bridgehead atoms. The number of allylic oxidation sites excluding steroid dienone is 2. The lowest BCUT2D eigenvalue weighted by atomic mass is 10.0. The van der Waals surface area contributed by atoms with Gasteiger partial charge in [-0.2, -0.15) is 0 Å². The summed E-state index contributed by atoms with van der Waals surface area (Å²) in [5, 5.41) is 9.27. The normalized spacial score (nSPS) is 10.6. The van der Waals surface area contributed by atoms with Crippen molar-refractivity contribution in [2.75, 3.05) is 17.7 Å². The molecule has 74 heavy (non-hydrogen) atoms. The molecule has 1 aliphatic rings. The van der Waals surface area contributed by atoms with Crippen molar-refractivity contribution >= 4 is 50.2 Å². The first kappa shape index (κ1) is 59.3. The molecule has 0 atom stereocenters. The third-order valence-corrected chi connectivity index (χ3v) is 12.9. The van der Waals surface area contributed by atoms with Crippen LogP contribution < -0.4 is 10.6 Å². The van der Waals surface area contributed by atoms with Gasteiger partial charge in [0.05, 0.1) is 0 Å². The number of aromatic amines is 2. The average molecular weight is 1010 g/mol. The van der Waals surface area contributed by atoms with E-state index in [9.17, 15) is 0 Å². The third-order valence-electron chi connectivity index (χ3n) is 12.0. The van der Waals surface area contributed by atoms with Crippen LogP contribution in [0.15, 0.2) is 174 Å². The van der Waals surface area contributed by atoms with Gasteiger partial charge in [-0.05, 0) is 223 Å². The van der Waals surface area contributed by atoms with Crippen molar-refractivity contribution in [3.63, 3.8) is 0 Å². The molecule has 10 aromatic rings. The van der Waals surface area contributed by atoms with E-state index < -0.39 is 0 Å². The molecule has 6 aromatic carbocycles. The minimum absolute atomic E-state index is 0.984. The second-order valence-electron chi connectivity index (χ2n) is 19.2. The van der Waals surface area contributed by atoms with Crippen LogP contribution in [-0.4, -0.2) is 17.0 Å². The van der Waals surface area contributed by atoms with Crippen molar-refractivity contribution in [1.82, 2.24) is 9.97 Å². The Labute approximate surface area is 449 Å². The molecule has 1 aliphatic heterocycles. The van der Waals surface area contributed by atoms with E-state index in [2.05, 4.69) is 229 Å². The van der Waals surface area contributed by atoms with Gasteiger partial charge < -0.3 is 25.0 Å². The van der Waals surface area contributed by atoms with Crippen molar-refractivity contribution < 1.29 is 4.42 Å². The summed E-state index contributed by atoms with van der Waals surface area (Å²) in [6.07, 6.45) is 6.25. The van der Waals surface area contributed by atoms with Crippen LogP contribution >= 0.6 is 11.3 Å². The van der Waals surface area contributed by atoms with Gasteiger partial charge in [-0.3, -0.25) is 0 Å². The van der Waals surface area contributed by atoms with Gasteiger partial charge in [-0.25, -0.2) is 0 Å². The van der Waals surface area contributed by atoms with Gasteiger partial charge in [-0.15, -0.1) is 11.3 Å². The summed E-state index contributed by atoms with van der Waals surface area (Å²) >= 11 is 1.84. The van der Waals surface area contributed by atoms with Crippen LogP contribution in [0.4, 0.5) is 17.1 Å². The lowest BCUT2D eigenvalue weighted by Crippen LogP contribution is -1.94. The first-order valence-corrected chi connectivity index (χ1v) is 26.7. The largest absolute Gasteiger partial charge is 0.467 e. The standard InChI is InChI=1S/C16H17N.C14H13N.C8H11N.C8H10.C6H9N.C6H8O.C6H8S.C4H8/c1-11-3-5-13-7-8-14-6-4-12(2)10-16(14)17-15(13)9-11;1-9-3-5-11-12-6-4-10(2)8-14(12)15-13(11)7-9;1-7-3-5-8(9-2)6-4-7;1-7-3-5-8(2)6-4-7;3*1-5-3-4-6(2)7-5;1-3-4-2/h3-6,9-10,17H,7-8H2,1-2H3;3-8,15H,1-2H3;3-6,9H,1-2H3;3-6H,1-2H3;3-4,7H,1-2H3;2*3-4H,1-2H3;3-4H,1-2H3. The number of hydrogen-bond acceptors (Lipinski definition) is 4. The Morgan fingerprint density at radius 2 is 0.770 bits per heavy atom. The van der Waals surface area contributed by atoms with E-state index in [-0.39, 0.29) is 0 Å². The third kappa shape index (κ3) is 21.1. The SMILES string of the molecule is CC=CC.CNc1ccc(C)cc1.Cc1ccc(C)[nH]1.Cc1ccc(C)cc1.Cc1ccc(C)o1.Cc1ccc(C)s1.Cc1ccc2c(c1)Nc1cc(C)ccc1CC2.Cc1ccc2c(c1)[nH]c1cc(C)ccc12. The molecule has 4 N–H and O–H groups in total. The molecular weight excluding hydrogens is 921 g/mol. The van der Waals surface area contributed by atoms with Crippen molar-refractivity contribution in [2.24, 2.45) is 0 Å². The molecule has 0 saturated carbocycles. The molecule has 0 aliphatic carbocycles. The fourth-order valence-corrected chi connectivity index (χ4v) is 8.50. The van der Waals surface area contributed by atoms with Crippen LogP contribution in [-0.2, 0) is 12.8 Å². The minimum Gasteiger partial charge on any atom is -0.467 e. The van der Waals surface area contributed by atoms with Crippen LogP contribution in [0.3, 0.4) is 0 Å². The average Bonchev–Trinajstić information content (AvgIpc) is 4.14. The highest BCUT2D eigenvalue weighted by Crippen LogP contribution is 2.31. The van der Waals surface area contributed by atoms with E-state index in [1.54, 1.807) is 0 Å². The maximum absolute atomic E-state index is 5.08. The van der Waals surface area contributed by atoms with E-state index in [0.717, 1.165) is 24.4 Å². The van der Waals surface area contributed by atoms with Gasteiger partial charge in [0.25, 0.3) is 0 Å². The summed E-state index contributed by atoms with van der Waals surface area (Å²) in [7, 11) is 1.92. The molecular formula is C68H84N4OS. The van der Waals surface area contributed by atoms with E-state index in [4.69, 9.17) is 4.42 Å². The second-order valence-corrected chi connectivity index (χ2v) is 20.7. The van der Waals surface area contributed by atoms with Crippen LogP contribution in [0, 0.1) is 90.0 Å². The van der Waals surface area contributed by atoms with E-state index in [1.807, 2.05) is 84.2 Å². The smallest absolute Gasteiger partial charge is 0.101 e. The Bertz CT molecular complexity index is 2960. The summed E-state index contributed by atoms with van der Waals surface area (Å²) < 4.78 is 5.08. The zero-order valence-corrected chi connectivity index (χ0v) is 48.2. The second kappa shape index (κ2) is 30.7. The molecule has 11 rings (SSSR count). The number of furan rings is 1. The lowest BCUT2D eigenvalue weighted by Gasteiger charge is -2.11. The van der Waals surface area contributed by atoms with Crippen molar-refractivity contribution in [2.45, 2.75) is 117 Å². The Kier molecular flexibility index (Phi) is 24.6. The molecule has 0 radical (unpaired) electrons. The molecule has 0 unspecified atom stereocenters. The first-order chi connectivity index (χ1) is 35.3. The van der Waals surface area contributed by atoms with Gasteiger partial charge >= 0.3 is 0 Å². The molecule has 5 heterocycles. The molecule has 0 spiro atoms. The number of thiophene rings is 1. The van der Waals surface area contributed by atoms with E-state index in [0.29, 0.717) is 0 Å². The number of nitrogens with one attached hydrogen (secondary N) is 4. The lowest BCUT2D eigenvalue weighted by molar-refractivity contribution is 0.504. The quantitative estimate of drug-likeness (QED) is 0.124. The predicted molar refractivity (Wildman–Crippen MR) is 328 cm³/mol. The van der Waals surface area contributed by atoms with E-state index in [1.165, 1.54) is 110 Å². The zero-order valence-electron chi connectivity index (χ0n) is 47.4. The number of fused-ring (bicyclic) bond motifs is 5. The summed E-state index contributed by atoms with van der Waals surface area (Å²) in [6.45, 7) is 31.0. The number of hydrogen-bond donors (Lipinski definition) is 4. The number of anilines is 3. The summed E-state index contributed by atoms with van der Waals surface area (Å²) in [5.74, 6) is 1.97. The Balaban J connectivity index is 0.000000191. The Hall–Kier alpha value is -7.28. The summed E-state index contributed by atoms with van der Waals surface area (Å²) in [4.78, 5) is 9.40. The van der Waals surface area contributed by atoms with Gasteiger partial charge in [0.15, 0.2) is 0 Å². The van der Waals surface area contributed by atoms with Gasteiger partial charge in [0.1, 0.15) is 11.5 Å². The molecule has 6 heteroatoms. The fourth-order valence-electron chi connectivity index (χ4n) is 7.72. The molecule has 388 valence electrons. The van der Waals surface area contributed by atoms with E-state index >= 15 is 0 Å². The number of benzene rings is 6. The highest BCUT2D eigenvalue weighted by molar-refractivity contribution is 7.11. The number of rotatable bonds is 1. The molecule has 0 saturated heterocycles. The van der Waals surface area contributed by atoms with Crippen molar-refractivity contribution in [3.05, 3.63) is 253 Å². The maximum Gasteiger partial charge on any atom is 0.101 e. The van der Waals surface area contributed by atoms with Crippen LogP contribution in [0.1, 0.15) is 96.6 Å². The Morgan fingerprint density at radius 3 is 1.08 bits per heavy atom. The monoisotopic (exact) mass is 1000 g/mol. The van der Waals surface area contributed by atoms with Crippen LogP contribution in [0.5, 0.6) is 0 Å². The number of aromatic nitrogens is 2.